The van der Waals surface area contributed by atoms with Crippen molar-refractivity contribution in [2.24, 2.45) is 0 Å². The fraction of sp³-hybridized carbons (Fsp3) is 0.0345. The lowest BCUT2D eigenvalue weighted by atomic mass is 9.89. The normalized spacial score (nSPS) is 11.7. The first kappa shape index (κ1) is 38.4. The lowest BCUT2D eigenvalue weighted by Crippen LogP contribution is -1.96. The van der Waals surface area contributed by atoms with Gasteiger partial charge in [0.1, 0.15) is 23.0 Å². The van der Waals surface area contributed by atoms with Crippen molar-refractivity contribution in [3.05, 3.63) is 205 Å². The molecule has 0 saturated heterocycles. The quantitative estimate of drug-likeness (QED) is 0.152. The second kappa shape index (κ2) is 15.8. The van der Waals surface area contributed by atoms with E-state index in [1.165, 1.54) is 51.5 Å². The van der Waals surface area contributed by atoms with Crippen LogP contribution in [0.15, 0.2) is 194 Å². The SMILES string of the molecule is OCc1ccc(Oc2ccc3cc(-c4cccc5c4sc4ccccc45)ccc3c2-c2c(Oc3ccc(CO)cc3)ccc3cc(-c4cccc5c4sc4ccccc45)ccc23)cc1. The number of aliphatic hydroxyl groups excluding tert-OH is 2. The molecule has 0 unspecified atom stereocenters. The van der Waals surface area contributed by atoms with E-state index in [-0.39, 0.29) is 13.2 Å². The Morgan fingerprint density at radius 2 is 0.781 bits per heavy atom. The predicted molar refractivity (Wildman–Crippen MR) is 268 cm³/mol. The van der Waals surface area contributed by atoms with Gasteiger partial charge in [-0.3, -0.25) is 0 Å². The molecule has 12 aromatic rings. The molecular weight excluding hydrogens is 825 g/mol. The van der Waals surface area contributed by atoms with Crippen molar-refractivity contribution < 1.29 is 19.7 Å². The zero-order valence-electron chi connectivity index (χ0n) is 34.4. The van der Waals surface area contributed by atoms with E-state index < -0.39 is 0 Å². The highest BCUT2D eigenvalue weighted by Crippen LogP contribution is 2.50. The molecule has 0 saturated carbocycles. The highest BCUT2D eigenvalue weighted by Gasteiger charge is 2.22. The molecule has 306 valence electrons. The van der Waals surface area contributed by atoms with Gasteiger partial charge in [0.05, 0.1) is 13.2 Å². The second-order valence-electron chi connectivity index (χ2n) is 16.1. The molecular formula is C58H38O4S2. The van der Waals surface area contributed by atoms with Gasteiger partial charge < -0.3 is 19.7 Å². The molecule has 0 aliphatic carbocycles. The Balaban J connectivity index is 1.09. The summed E-state index contributed by atoms with van der Waals surface area (Å²) < 4.78 is 18.8. The lowest BCUT2D eigenvalue weighted by Gasteiger charge is -2.20. The minimum atomic E-state index is -0.0472. The molecule has 0 radical (unpaired) electrons. The minimum absolute atomic E-state index is 0.0472. The minimum Gasteiger partial charge on any atom is -0.457 e. The van der Waals surface area contributed by atoms with Crippen molar-refractivity contribution in [3.63, 3.8) is 0 Å². The van der Waals surface area contributed by atoms with Gasteiger partial charge in [-0.2, -0.15) is 0 Å². The Labute approximate surface area is 377 Å². The average molecular weight is 863 g/mol. The number of ether oxygens (including phenoxy) is 2. The van der Waals surface area contributed by atoms with Crippen LogP contribution >= 0.6 is 22.7 Å². The van der Waals surface area contributed by atoms with Crippen LogP contribution in [0.1, 0.15) is 11.1 Å². The molecule has 0 aliphatic rings. The first-order valence-corrected chi connectivity index (χ1v) is 22.9. The van der Waals surface area contributed by atoms with E-state index in [0.717, 1.165) is 54.9 Å². The molecule has 0 amide bonds. The van der Waals surface area contributed by atoms with Crippen molar-refractivity contribution in [2.45, 2.75) is 13.2 Å². The number of fused-ring (bicyclic) bond motifs is 8. The second-order valence-corrected chi connectivity index (χ2v) is 18.2. The molecule has 0 atom stereocenters. The Hall–Kier alpha value is -7.32. The molecule has 10 aromatic carbocycles. The zero-order chi connectivity index (χ0) is 42.7. The molecule has 4 nitrogen and oxygen atoms in total. The number of benzene rings is 10. The van der Waals surface area contributed by atoms with Crippen LogP contribution in [0.3, 0.4) is 0 Å². The van der Waals surface area contributed by atoms with E-state index >= 15 is 0 Å². The number of thiophene rings is 2. The summed E-state index contributed by atoms with van der Waals surface area (Å²) in [6.45, 7) is -0.0944. The molecule has 0 fully saturated rings. The Kier molecular flexibility index (Phi) is 9.46. The monoisotopic (exact) mass is 862 g/mol. The first-order valence-electron chi connectivity index (χ1n) is 21.3. The smallest absolute Gasteiger partial charge is 0.136 e. The molecule has 6 heteroatoms. The first-order chi connectivity index (χ1) is 31.6. The van der Waals surface area contributed by atoms with E-state index in [9.17, 15) is 10.2 Å². The van der Waals surface area contributed by atoms with Crippen LogP contribution in [0.2, 0.25) is 0 Å². The summed E-state index contributed by atoms with van der Waals surface area (Å²) in [4.78, 5) is 0. The predicted octanol–water partition coefficient (Wildman–Crippen LogP) is 16.3. The van der Waals surface area contributed by atoms with E-state index in [0.29, 0.717) is 23.0 Å². The summed E-state index contributed by atoms with van der Waals surface area (Å²) in [6, 6.07) is 67.6. The van der Waals surface area contributed by atoms with Crippen LogP contribution in [-0.4, -0.2) is 10.2 Å². The van der Waals surface area contributed by atoms with Gasteiger partial charge in [-0.1, -0.05) is 133 Å². The molecule has 2 N–H and O–H groups in total. The van der Waals surface area contributed by atoms with Gasteiger partial charge in [0.25, 0.3) is 0 Å². The van der Waals surface area contributed by atoms with E-state index in [1.54, 1.807) is 0 Å². The number of rotatable bonds is 9. The lowest BCUT2D eigenvalue weighted by molar-refractivity contribution is 0.281. The summed E-state index contributed by atoms with van der Waals surface area (Å²) >= 11 is 3.67. The maximum atomic E-state index is 9.82. The molecule has 0 spiro atoms. The molecule has 64 heavy (non-hydrogen) atoms. The number of hydrogen-bond acceptors (Lipinski definition) is 6. The van der Waals surface area contributed by atoms with Crippen molar-refractivity contribution in [3.8, 4) is 56.4 Å². The van der Waals surface area contributed by atoms with Gasteiger partial charge in [-0.25, -0.2) is 0 Å². The summed E-state index contributed by atoms with van der Waals surface area (Å²) in [5.41, 5.74) is 8.12. The molecule has 2 aromatic heterocycles. The topological polar surface area (TPSA) is 58.9 Å². The third-order valence-electron chi connectivity index (χ3n) is 12.3. The van der Waals surface area contributed by atoms with Gasteiger partial charge in [0.2, 0.25) is 0 Å². The Bertz CT molecular complexity index is 3500. The van der Waals surface area contributed by atoms with Gasteiger partial charge in [-0.15, -0.1) is 22.7 Å². The van der Waals surface area contributed by atoms with Gasteiger partial charge >= 0.3 is 0 Å². The fourth-order valence-corrected chi connectivity index (χ4v) is 11.6. The third kappa shape index (κ3) is 6.59. The van der Waals surface area contributed by atoms with Crippen LogP contribution in [-0.2, 0) is 13.2 Å². The summed E-state index contributed by atoms with van der Waals surface area (Å²) in [5, 5.41) is 28.9. The van der Waals surface area contributed by atoms with Crippen molar-refractivity contribution in [1.82, 2.24) is 0 Å². The Morgan fingerprint density at radius 3 is 1.22 bits per heavy atom. The van der Waals surface area contributed by atoms with Gasteiger partial charge in [0, 0.05) is 51.5 Å². The van der Waals surface area contributed by atoms with Crippen LogP contribution < -0.4 is 9.47 Å². The van der Waals surface area contributed by atoms with Gasteiger partial charge in [0.15, 0.2) is 0 Å². The molecule has 0 aliphatic heterocycles. The van der Waals surface area contributed by atoms with Crippen LogP contribution in [0, 0.1) is 0 Å². The Morgan fingerprint density at radius 1 is 0.359 bits per heavy atom. The summed E-state index contributed by atoms with van der Waals surface area (Å²) in [6.07, 6.45) is 0. The summed E-state index contributed by atoms with van der Waals surface area (Å²) in [5.74, 6) is 2.67. The standard InChI is InChI=1S/C58H38O4S2/c59-33-35-15-23-41(24-16-35)61-51-29-21-37-31-39(45-9-5-11-49-47-7-1-3-13-53(47)63-57(45)49)19-27-43(37)55(51)56-44-28-20-40(46-10-6-12-50-48-8-2-4-14-54(48)64-58(46)50)32-38(44)22-30-52(56)62-42-25-17-36(34-60)18-26-42/h1-32,59-60H,33-34H2. The summed E-state index contributed by atoms with van der Waals surface area (Å²) in [7, 11) is 0. The largest absolute Gasteiger partial charge is 0.457 e. The molecule has 0 bridgehead atoms. The fourth-order valence-electron chi connectivity index (χ4n) is 9.17. The third-order valence-corrected chi connectivity index (χ3v) is 14.8. The zero-order valence-corrected chi connectivity index (χ0v) is 36.0. The average Bonchev–Trinajstić information content (AvgIpc) is 3.93. The van der Waals surface area contributed by atoms with Crippen molar-refractivity contribution in [1.29, 1.82) is 0 Å². The van der Waals surface area contributed by atoms with Crippen LogP contribution in [0.5, 0.6) is 23.0 Å². The number of hydrogen-bond donors (Lipinski definition) is 2. The number of aliphatic hydroxyl groups is 2. The maximum Gasteiger partial charge on any atom is 0.136 e. The van der Waals surface area contributed by atoms with E-state index in [4.69, 9.17) is 9.47 Å². The highest BCUT2D eigenvalue weighted by atomic mass is 32.1. The van der Waals surface area contributed by atoms with E-state index in [1.807, 2.05) is 71.2 Å². The van der Waals surface area contributed by atoms with E-state index in [2.05, 4.69) is 146 Å². The van der Waals surface area contributed by atoms with Gasteiger partial charge in [-0.05, 0) is 116 Å². The van der Waals surface area contributed by atoms with Crippen molar-refractivity contribution in [2.75, 3.05) is 0 Å². The maximum absolute atomic E-state index is 9.82. The molecule has 12 rings (SSSR count). The molecule has 2 heterocycles. The van der Waals surface area contributed by atoms with Crippen LogP contribution in [0.25, 0.3) is 95.3 Å². The van der Waals surface area contributed by atoms with Crippen LogP contribution in [0.4, 0.5) is 0 Å². The van der Waals surface area contributed by atoms with Crippen molar-refractivity contribution >= 4 is 84.6 Å². The highest BCUT2D eigenvalue weighted by molar-refractivity contribution is 7.26.